The second-order valence-corrected chi connectivity index (χ2v) is 20.8. The van der Waals surface area contributed by atoms with E-state index in [-0.39, 0.29) is 5.41 Å². The molecule has 0 aromatic heterocycles. The van der Waals surface area contributed by atoms with Crippen LogP contribution in [0, 0.1) is 64.6 Å². The van der Waals surface area contributed by atoms with Crippen molar-refractivity contribution in [2.75, 3.05) is 0 Å². The fraction of sp³-hybridized carbons (Fsp3) is 0.509. The second-order valence-electron chi connectivity index (χ2n) is 20.8. The molecule has 0 saturated carbocycles. The quantitative estimate of drug-likeness (QED) is 0.248. The third kappa shape index (κ3) is 6.31. The number of nitrogens with zero attached hydrogens (tertiary/aromatic N) is 2. The Morgan fingerprint density at radius 2 is 1.63 bits per heavy atom. The highest BCUT2D eigenvalue weighted by Crippen LogP contribution is 2.58. The highest BCUT2D eigenvalue weighted by molar-refractivity contribution is 5.55. The molecule has 0 bridgehead atoms. The van der Waals surface area contributed by atoms with Crippen molar-refractivity contribution in [2.45, 2.75) is 116 Å². The molecule has 0 radical (unpaired) electrons. The lowest BCUT2D eigenvalue weighted by Crippen LogP contribution is -2.47. The number of hydrogen-bond acceptors (Lipinski definition) is 2. The van der Waals surface area contributed by atoms with Gasteiger partial charge in [-0.3, -0.25) is 0 Å². The first-order valence-electron chi connectivity index (χ1n) is 24.1. The number of hydrogen-bond donors (Lipinski definition) is 0. The second kappa shape index (κ2) is 15.1. The van der Waals surface area contributed by atoms with Crippen molar-refractivity contribution >= 4 is 0 Å². The molecule has 0 aromatic carbocycles. The third-order valence-electron chi connectivity index (χ3n) is 17.4. The Hall–Kier alpha value is -4.04. The van der Waals surface area contributed by atoms with E-state index in [1.54, 1.807) is 28.0 Å². The predicted octanol–water partition coefficient (Wildman–Crippen LogP) is 13.6. The van der Waals surface area contributed by atoms with E-state index < -0.39 is 0 Å². The lowest BCUT2D eigenvalue weighted by Gasteiger charge is -2.51. The van der Waals surface area contributed by atoms with Crippen LogP contribution in [0.5, 0.6) is 0 Å². The van der Waals surface area contributed by atoms with Crippen LogP contribution in [0.25, 0.3) is 0 Å². The van der Waals surface area contributed by atoms with Gasteiger partial charge in [-0.05, 0) is 129 Å². The Labute approximate surface area is 356 Å². The number of likely N-dealkylation sites (tertiary alicyclic amines) is 1. The van der Waals surface area contributed by atoms with Gasteiger partial charge in [0, 0.05) is 52.2 Å². The molecule has 1 heterocycles. The molecule has 1 saturated heterocycles. The summed E-state index contributed by atoms with van der Waals surface area (Å²) in [5.41, 5.74) is 11.4. The highest BCUT2D eigenvalue weighted by Gasteiger charge is 2.50. The summed E-state index contributed by atoms with van der Waals surface area (Å²) in [7, 11) is 0. The minimum absolute atomic E-state index is 0.124. The van der Waals surface area contributed by atoms with Crippen LogP contribution in [0.3, 0.4) is 0 Å². The summed E-state index contributed by atoms with van der Waals surface area (Å²) in [5.74, 6) is 5.70. The summed E-state index contributed by atoms with van der Waals surface area (Å²) < 4.78 is 0. The molecule has 0 N–H and O–H groups in total. The summed E-state index contributed by atoms with van der Waals surface area (Å²) in [6.07, 6.45) is 66.4. The van der Waals surface area contributed by atoms with Gasteiger partial charge >= 0.3 is 0 Å². The largest absolute Gasteiger partial charge is 0.361 e. The zero-order valence-electron chi connectivity index (χ0n) is 36.3. The van der Waals surface area contributed by atoms with Crippen molar-refractivity contribution < 1.29 is 0 Å². The summed E-state index contributed by atoms with van der Waals surface area (Å²) in [5, 5.41) is 0. The van der Waals surface area contributed by atoms with Gasteiger partial charge in [0.15, 0.2) is 0 Å². The summed E-state index contributed by atoms with van der Waals surface area (Å²) in [6, 6.07) is 1.34. The molecule has 0 aromatic rings. The zero-order chi connectivity index (χ0) is 39.8. The smallest absolute Gasteiger partial charge is 0.0549 e. The first-order valence-corrected chi connectivity index (χ1v) is 24.1. The molecule has 13 atom stereocenters. The lowest BCUT2D eigenvalue weighted by atomic mass is 9.61. The molecule has 10 aliphatic carbocycles. The van der Waals surface area contributed by atoms with E-state index in [0.717, 1.165) is 31.6 Å². The van der Waals surface area contributed by atoms with E-state index in [2.05, 4.69) is 165 Å². The molecule has 11 aliphatic rings. The summed E-state index contributed by atoms with van der Waals surface area (Å²) in [4.78, 5) is 5.77. The zero-order valence-corrected chi connectivity index (χ0v) is 36.3. The monoisotopic (exact) mass is 781 g/mol. The van der Waals surface area contributed by atoms with Crippen molar-refractivity contribution in [1.82, 2.24) is 9.80 Å². The average molecular weight is 781 g/mol. The molecule has 2 nitrogen and oxygen atoms in total. The van der Waals surface area contributed by atoms with Crippen molar-refractivity contribution in [3.05, 3.63) is 167 Å². The average Bonchev–Trinajstić information content (AvgIpc) is 3.73. The van der Waals surface area contributed by atoms with Crippen molar-refractivity contribution in [3.63, 3.8) is 0 Å². The Morgan fingerprint density at radius 3 is 2.49 bits per heavy atom. The van der Waals surface area contributed by atoms with E-state index in [0.29, 0.717) is 71.4 Å². The van der Waals surface area contributed by atoms with Crippen LogP contribution < -0.4 is 0 Å². The van der Waals surface area contributed by atoms with Crippen molar-refractivity contribution in [3.8, 4) is 0 Å². The van der Waals surface area contributed by atoms with Crippen LogP contribution in [0.1, 0.15) is 98.3 Å². The lowest BCUT2D eigenvalue weighted by molar-refractivity contribution is 0.136. The maximum absolute atomic E-state index is 2.98. The van der Waals surface area contributed by atoms with Crippen molar-refractivity contribution in [1.29, 1.82) is 0 Å². The maximum atomic E-state index is 2.98. The van der Waals surface area contributed by atoms with E-state index in [9.17, 15) is 0 Å². The number of fused-ring (bicyclic) bond motifs is 6. The first kappa shape index (κ1) is 37.9. The van der Waals surface area contributed by atoms with Gasteiger partial charge in [0.25, 0.3) is 0 Å². The molecular weight excluding hydrogens is 713 g/mol. The van der Waals surface area contributed by atoms with Gasteiger partial charge in [0.05, 0.1) is 12.1 Å². The molecule has 0 amide bonds. The van der Waals surface area contributed by atoms with Gasteiger partial charge < -0.3 is 9.80 Å². The van der Waals surface area contributed by atoms with Gasteiger partial charge in [0.2, 0.25) is 0 Å². The van der Waals surface area contributed by atoms with Crippen LogP contribution in [0.2, 0.25) is 0 Å². The maximum Gasteiger partial charge on any atom is 0.0549 e. The van der Waals surface area contributed by atoms with Gasteiger partial charge in [-0.2, -0.15) is 0 Å². The fourth-order valence-corrected chi connectivity index (χ4v) is 14.5. The standard InChI is InChI=1S/C57H68N2/c1-37-26-27-40(39-17-7-5-8-18-39)35-55(37)59(43-29-30-46-45-21-11-13-24-50(45)57(3,4)51(46)36-43)53-33-31-44(56-38(2)16-15-23-48(53)56)41-28-32-54-49(34-41)47-22-12-14-25-52(47)58(54)42-19-9-6-10-20-42/h5-7,9,11-12,14-15,19,21-23,25-29,32-34,36-40,44,46-49,52,54-56H,8,10,13,16-18,20,24,30-31,35H2,1-4H3. The number of rotatable bonds is 6. The van der Waals surface area contributed by atoms with Crippen LogP contribution in [0.4, 0.5) is 0 Å². The molecular formula is C57H68N2. The minimum Gasteiger partial charge on any atom is -0.361 e. The van der Waals surface area contributed by atoms with Crippen molar-refractivity contribution in [2.24, 2.45) is 64.6 Å². The van der Waals surface area contributed by atoms with Gasteiger partial charge in [-0.1, -0.05) is 154 Å². The summed E-state index contributed by atoms with van der Waals surface area (Å²) >= 11 is 0. The normalized spacial score (nSPS) is 41.0. The predicted molar refractivity (Wildman–Crippen MR) is 246 cm³/mol. The number of allylic oxidation sites excluding steroid dienone is 21. The molecule has 0 spiro atoms. The molecule has 13 unspecified atom stereocenters. The van der Waals surface area contributed by atoms with Crippen LogP contribution >= 0.6 is 0 Å². The topological polar surface area (TPSA) is 6.48 Å². The third-order valence-corrected chi connectivity index (χ3v) is 17.4. The van der Waals surface area contributed by atoms with E-state index in [1.165, 1.54) is 56.3 Å². The molecule has 11 rings (SSSR count). The van der Waals surface area contributed by atoms with Gasteiger partial charge in [-0.25, -0.2) is 0 Å². The van der Waals surface area contributed by atoms with Crippen LogP contribution in [-0.4, -0.2) is 27.9 Å². The van der Waals surface area contributed by atoms with Gasteiger partial charge in [0.1, 0.15) is 0 Å². The highest BCUT2D eigenvalue weighted by atomic mass is 15.2. The van der Waals surface area contributed by atoms with E-state index in [1.807, 2.05) is 0 Å². The van der Waals surface area contributed by atoms with Crippen LogP contribution in [-0.2, 0) is 0 Å². The SMILES string of the molecule is CC1C=CC(C2CC=CCC2)CC1N(C1=CCC2C(=C1)C(C)(C)C1=C2C=CCC1)C1=CCC(C2=CC3C4C=CC=CC4N(C4=CC=CCC4)C3C=C2)C2C(C)CC=CC12. The molecule has 1 aliphatic heterocycles. The fourth-order valence-electron chi connectivity index (χ4n) is 14.5. The molecule has 1 fully saturated rings. The van der Waals surface area contributed by atoms with E-state index in [4.69, 9.17) is 0 Å². The minimum atomic E-state index is 0.124. The van der Waals surface area contributed by atoms with Crippen LogP contribution in [0.15, 0.2) is 167 Å². The van der Waals surface area contributed by atoms with Gasteiger partial charge in [-0.15, -0.1) is 0 Å². The van der Waals surface area contributed by atoms with E-state index >= 15 is 0 Å². The molecule has 306 valence electrons. The molecule has 59 heavy (non-hydrogen) atoms. The first-order chi connectivity index (χ1) is 28.9. The summed E-state index contributed by atoms with van der Waals surface area (Å²) in [6.45, 7) is 10.2. The Kier molecular flexibility index (Phi) is 9.74. The molecule has 2 heteroatoms. The Balaban J connectivity index is 0.968. The Bertz CT molecular complexity index is 2160. The Morgan fingerprint density at radius 1 is 0.746 bits per heavy atom.